The Kier molecular flexibility index (Phi) is 6.55. The average molecular weight is 463 g/mol. The predicted octanol–water partition coefficient (Wildman–Crippen LogP) is 6.85. The maximum Gasteiger partial charge on any atom is 0.252 e. The number of benzene rings is 4. The van der Waals surface area contributed by atoms with Gasteiger partial charge in [0.2, 0.25) is 0 Å². The number of pyridine rings is 1. The van der Waals surface area contributed by atoms with Crippen LogP contribution in [0.3, 0.4) is 0 Å². The standard InChI is InChI=1S/C31H27FN2O/c1-22-7-16-30-27(17-22)18-28(31(35)33-30)21-34(20-24-10-14-29(32)15-11-24)19-23-8-12-26(13-9-23)25-5-3-2-4-6-25/h2-18H,19-21H2,1H3,(H,33,35). The number of aromatic nitrogens is 1. The minimum atomic E-state index is -0.252. The highest BCUT2D eigenvalue weighted by molar-refractivity contribution is 5.79. The van der Waals surface area contributed by atoms with Gasteiger partial charge in [-0.05, 0) is 64.9 Å². The monoisotopic (exact) mass is 462 g/mol. The van der Waals surface area contributed by atoms with E-state index in [0.29, 0.717) is 25.2 Å². The van der Waals surface area contributed by atoms with E-state index in [2.05, 4.69) is 52.3 Å². The third-order valence-electron chi connectivity index (χ3n) is 6.26. The first kappa shape index (κ1) is 22.8. The van der Waals surface area contributed by atoms with Crippen molar-refractivity contribution in [2.75, 3.05) is 0 Å². The first-order chi connectivity index (χ1) is 17.0. The Labute approximate surface area is 204 Å². The van der Waals surface area contributed by atoms with Crippen molar-refractivity contribution in [1.82, 2.24) is 9.88 Å². The molecule has 1 aromatic heterocycles. The summed E-state index contributed by atoms with van der Waals surface area (Å²) >= 11 is 0. The summed E-state index contributed by atoms with van der Waals surface area (Å²) in [7, 11) is 0. The van der Waals surface area contributed by atoms with Crippen LogP contribution in [0, 0.1) is 12.7 Å². The highest BCUT2D eigenvalue weighted by atomic mass is 19.1. The zero-order valence-electron chi connectivity index (χ0n) is 19.7. The fourth-order valence-electron chi connectivity index (χ4n) is 4.44. The van der Waals surface area contributed by atoms with Gasteiger partial charge in [0.15, 0.2) is 0 Å². The third-order valence-corrected chi connectivity index (χ3v) is 6.26. The SMILES string of the molecule is Cc1ccc2[nH]c(=O)c(CN(Cc3ccc(F)cc3)Cc3ccc(-c4ccccc4)cc3)cc2c1. The van der Waals surface area contributed by atoms with Crippen molar-refractivity contribution in [2.24, 2.45) is 0 Å². The molecule has 5 rings (SSSR count). The molecule has 4 aromatic carbocycles. The van der Waals surface area contributed by atoms with Crippen LogP contribution in [0.5, 0.6) is 0 Å². The Bertz CT molecular complexity index is 1490. The van der Waals surface area contributed by atoms with Gasteiger partial charge >= 0.3 is 0 Å². The molecule has 0 unspecified atom stereocenters. The number of halogens is 1. The molecular weight excluding hydrogens is 435 g/mol. The Balaban J connectivity index is 1.43. The molecule has 0 amide bonds. The first-order valence-electron chi connectivity index (χ1n) is 11.8. The number of nitrogens with one attached hydrogen (secondary N) is 1. The summed E-state index contributed by atoms with van der Waals surface area (Å²) in [6.07, 6.45) is 0. The molecule has 1 heterocycles. The molecule has 0 spiro atoms. The summed E-state index contributed by atoms with van der Waals surface area (Å²) in [5.74, 6) is -0.252. The van der Waals surface area contributed by atoms with Crippen LogP contribution >= 0.6 is 0 Å². The second kappa shape index (κ2) is 10.1. The number of hydrogen-bond acceptors (Lipinski definition) is 2. The van der Waals surface area contributed by atoms with Crippen molar-refractivity contribution in [1.29, 1.82) is 0 Å². The van der Waals surface area contributed by atoms with E-state index < -0.39 is 0 Å². The van der Waals surface area contributed by atoms with Crippen LogP contribution in [0.2, 0.25) is 0 Å². The summed E-state index contributed by atoms with van der Waals surface area (Å²) in [6, 6.07) is 33.4. The lowest BCUT2D eigenvalue weighted by molar-refractivity contribution is 0.246. The maximum absolute atomic E-state index is 13.5. The minimum absolute atomic E-state index is 0.0788. The molecule has 5 aromatic rings. The van der Waals surface area contributed by atoms with Gasteiger partial charge in [-0.15, -0.1) is 0 Å². The van der Waals surface area contributed by atoms with E-state index in [0.717, 1.165) is 27.6 Å². The molecule has 1 N–H and O–H groups in total. The second-order valence-corrected chi connectivity index (χ2v) is 9.05. The number of fused-ring (bicyclic) bond motifs is 1. The van der Waals surface area contributed by atoms with Crippen molar-refractivity contribution in [3.63, 3.8) is 0 Å². The van der Waals surface area contributed by atoms with Crippen molar-refractivity contribution in [3.8, 4) is 11.1 Å². The molecule has 0 aliphatic heterocycles. The van der Waals surface area contributed by atoms with E-state index in [-0.39, 0.29) is 11.4 Å². The molecule has 0 aliphatic carbocycles. The minimum Gasteiger partial charge on any atom is -0.322 e. The lowest BCUT2D eigenvalue weighted by Gasteiger charge is -2.23. The summed E-state index contributed by atoms with van der Waals surface area (Å²) in [6.45, 7) is 3.80. The molecule has 4 heteroatoms. The van der Waals surface area contributed by atoms with Crippen LogP contribution < -0.4 is 5.56 Å². The van der Waals surface area contributed by atoms with Gasteiger partial charge in [0, 0.05) is 30.7 Å². The number of aryl methyl sites for hydroxylation is 1. The molecule has 0 bridgehead atoms. The molecule has 0 saturated heterocycles. The summed E-state index contributed by atoms with van der Waals surface area (Å²) < 4.78 is 13.5. The summed E-state index contributed by atoms with van der Waals surface area (Å²) in [5, 5.41) is 1.02. The Hall–Kier alpha value is -4.02. The summed E-state index contributed by atoms with van der Waals surface area (Å²) in [5.41, 5.74) is 7.13. The van der Waals surface area contributed by atoms with Crippen molar-refractivity contribution < 1.29 is 4.39 Å². The molecule has 0 aliphatic rings. The van der Waals surface area contributed by atoms with E-state index in [4.69, 9.17) is 0 Å². The van der Waals surface area contributed by atoms with Gasteiger partial charge in [0.25, 0.3) is 5.56 Å². The topological polar surface area (TPSA) is 36.1 Å². The van der Waals surface area contributed by atoms with E-state index in [1.807, 2.05) is 43.3 Å². The normalized spacial score (nSPS) is 11.3. The molecular formula is C31H27FN2O. The predicted molar refractivity (Wildman–Crippen MR) is 141 cm³/mol. The quantitative estimate of drug-likeness (QED) is 0.287. The highest BCUT2D eigenvalue weighted by Gasteiger charge is 2.13. The highest BCUT2D eigenvalue weighted by Crippen LogP contribution is 2.21. The number of H-pyrrole nitrogens is 1. The molecule has 0 atom stereocenters. The maximum atomic E-state index is 13.5. The molecule has 0 saturated carbocycles. The second-order valence-electron chi connectivity index (χ2n) is 9.05. The van der Waals surface area contributed by atoms with Crippen molar-refractivity contribution in [2.45, 2.75) is 26.6 Å². The van der Waals surface area contributed by atoms with Crippen LogP contribution in [0.15, 0.2) is 108 Å². The Morgan fingerprint density at radius 2 is 1.34 bits per heavy atom. The van der Waals surface area contributed by atoms with E-state index in [1.165, 1.54) is 23.3 Å². The smallest absolute Gasteiger partial charge is 0.252 e. The van der Waals surface area contributed by atoms with Gasteiger partial charge in [-0.25, -0.2) is 4.39 Å². The van der Waals surface area contributed by atoms with Gasteiger partial charge in [-0.2, -0.15) is 0 Å². The van der Waals surface area contributed by atoms with Crippen LogP contribution in [-0.2, 0) is 19.6 Å². The van der Waals surface area contributed by atoms with Gasteiger partial charge in [-0.1, -0.05) is 78.4 Å². The molecule has 0 fully saturated rings. The van der Waals surface area contributed by atoms with Crippen LogP contribution in [0.25, 0.3) is 22.0 Å². The largest absolute Gasteiger partial charge is 0.322 e. The molecule has 35 heavy (non-hydrogen) atoms. The molecule has 174 valence electrons. The van der Waals surface area contributed by atoms with Gasteiger partial charge < -0.3 is 4.98 Å². The van der Waals surface area contributed by atoms with Gasteiger partial charge in [0.05, 0.1) is 0 Å². The number of nitrogens with zero attached hydrogens (tertiary/aromatic N) is 1. The van der Waals surface area contributed by atoms with Gasteiger partial charge in [-0.3, -0.25) is 9.69 Å². The van der Waals surface area contributed by atoms with E-state index >= 15 is 0 Å². The van der Waals surface area contributed by atoms with Crippen LogP contribution in [0.4, 0.5) is 4.39 Å². The van der Waals surface area contributed by atoms with Crippen LogP contribution in [-0.4, -0.2) is 9.88 Å². The lowest BCUT2D eigenvalue weighted by Crippen LogP contribution is -2.26. The fraction of sp³-hybridized carbons (Fsp3) is 0.129. The third kappa shape index (κ3) is 5.56. The van der Waals surface area contributed by atoms with Crippen molar-refractivity contribution in [3.05, 3.63) is 142 Å². The molecule has 3 nitrogen and oxygen atoms in total. The average Bonchev–Trinajstić information content (AvgIpc) is 2.87. The van der Waals surface area contributed by atoms with Gasteiger partial charge in [0.1, 0.15) is 5.82 Å². The molecule has 0 radical (unpaired) electrons. The Morgan fingerprint density at radius 3 is 2.03 bits per heavy atom. The summed E-state index contributed by atoms with van der Waals surface area (Å²) in [4.78, 5) is 18.1. The number of rotatable bonds is 7. The zero-order chi connectivity index (χ0) is 24.2. The lowest BCUT2D eigenvalue weighted by atomic mass is 10.0. The van der Waals surface area contributed by atoms with E-state index in [9.17, 15) is 9.18 Å². The number of aromatic amines is 1. The Morgan fingerprint density at radius 1 is 0.714 bits per heavy atom. The van der Waals surface area contributed by atoms with Crippen molar-refractivity contribution >= 4 is 10.9 Å². The van der Waals surface area contributed by atoms with Crippen LogP contribution in [0.1, 0.15) is 22.3 Å². The first-order valence-corrected chi connectivity index (χ1v) is 11.8. The number of hydrogen-bond donors (Lipinski definition) is 1. The fourth-order valence-corrected chi connectivity index (χ4v) is 4.44. The van der Waals surface area contributed by atoms with E-state index in [1.54, 1.807) is 12.1 Å². The zero-order valence-corrected chi connectivity index (χ0v) is 19.7.